The highest BCUT2D eigenvalue weighted by molar-refractivity contribution is 4.96. The third-order valence-electron chi connectivity index (χ3n) is 4.36. The topological polar surface area (TPSA) is 0 Å². The Morgan fingerprint density at radius 1 is 0.600 bits per heavy atom. The molecule has 0 aliphatic carbocycles. The summed E-state index contributed by atoms with van der Waals surface area (Å²) in [5.41, 5.74) is 1.56. The molecule has 0 spiro atoms. The molecule has 0 amide bonds. The van der Waals surface area contributed by atoms with E-state index in [0.29, 0.717) is 0 Å². The Kier molecular flexibility index (Phi) is 16.6. The van der Waals surface area contributed by atoms with Crippen LogP contribution in [0.2, 0.25) is 0 Å². The SMILES string of the molecule is CCCCCCCCCCCCCCC/C=C(\C)CC. The van der Waals surface area contributed by atoms with E-state index in [1.807, 2.05) is 0 Å². The van der Waals surface area contributed by atoms with Crippen molar-refractivity contribution in [1.82, 2.24) is 0 Å². The van der Waals surface area contributed by atoms with E-state index in [1.54, 1.807) is 5.57 Å². The highest BCUT2D eigenvalue weighted by Crippen LogP contribution is 2.13. The molecule has 0 unspecified atom stereocenters. The first kappa shape index (κ1) is 19.7. The summed E-state index contributed by atoms with van der Waals surface area (Å²) in [6.07, 6.45) is 23.8. The van der Waals surface area contributed by atoms with Crippen molar-refractivity contribution in [1.29, 1.82) is 0 Å². The van der Waals surface area contributed by atoms with Crippen molar-refractivity contribution in [2.45, 2.75) is 117 Å². The second kappa shape index (κ2) is 16.8. The molecule has 0 nitrogen and oxygen atoms in total. The Labute approximate surface area is 129 Å². The second-order valence-corrected chi connectivity index (χ2v) is 6.44. The van der Waals surface area contributed by atoms with Gasteiger partial charge in [-0.3, -0.25) is 0 Å². The van der Waals surface area contributed by atoms with Gasteiger partial charge in [0.25, 0.3) is 0 Å². The van der Waals surface area contributed by atoms with Crippen LogP contribution in [0.1, 0.15) is 117 Å². The number of rotatable bonds is 15. The van der Waals surface area contributed by atoms with Crippen molar-refractivity contribution in [2.75, 3.05) is 0 Å². The smallest absolute Gasteiger partial charge is 0.0348 e. The maximum absolute atomic E-state index is 2.43. The van der Waals surface area contributed by atoms with Crippen molar-refractivity contribution in [2.24, 2.45) is 0 Å². The van der Waals surface area contributed by atoms with Gasteiger partial charge in [-0.15, -0.1) is 0 Å². The molecular formula is C20H40. The minimum atomic E-state index is 1.22. The van der Waals surface area contributed by atoms with Crippen LogP contribution in [0.5, 0.6) is 0 Å². The van der Waals surface area contributed by atoms with Gasteiger partial charge in [0.1, 0.15) is 0 Å². The van der Waals surface area contributed by atoms with Gasteiger partial charge in [0, 0.05) is 0 Å². The first-order chi connectivity index (χ1) is 9.81. The Hall–Kier alpha value is -0.260. The van der Waals surface area contributed by atoms with Crippen LogP contribution in [0.15, 0.2) is 11.6 Å². The van der Waals surface area contributed by atoms with Crippen LogP contribution in [0.4, 0.5) is 0 Å². The molecule has 0 aliphatic heterocycles. The van der Waals surface area contributed by atoms with Crippen LogP contribution >= 0.6 is 0 Å². The molecule has 120 valence electrons. The number of unbranched alkanes of at least 4 members (excludes halogenated alkanes) is 13. The summed E-state index contributed by atoms with van der Waals surface area (Å²) >= 11 is 0. The van der Waals surface area contributed by atoms with Gasteiger partial charge in [-0.1, -0.05) is 103 Å². The van der Waals surface area contributed by atoms with Crippen LogP contribution in [-0.4, -0.2) is 0 Å². The van der Waals surface area contributed by atoms with Gasteiger partial charge in [-0.25, -0.2) is 0 Å². The predicted octanol–water partition coefficient (Wildman–Crippen LogP) is 7.82. The van der Waals surface area contributed by atoms with E-state index in [4.69, 9.17) is 0 Å². The van der Waals surface area contributed by atoms with Gasteiger partial charge in [0.15, 0.2) is 0 Å². The van der Waals surface area contributed by atoms with Crippen molar-refractivity contribution in [3.63, 3.8) is 0 Å². The number of allylic oxidation sites excluding steroid dienone is 2. The molecule has 0 heterocycles. The maximum Gasteiger partial charge on any atom is -0.0348 e. The van der Waals surface area contributed by atoms with Crippen LogP contribution in [-0.2, 0) is 0 Å². The molecule has 0 aromatic heterocycles. The molecule has 0 saturated carbocycles. The third-order valence-corrected chi connectivity index (χ3v) is 4.36. The molecule has 0 fully saturated rings. The van der Waals surface area contributed by atoms with E-state index in [1.165, 1.54) is 96.3 Å². The lowest BCUT2D eigenvalue weighted by atomic mass is 10.0. The molecular weight excluding hydrogens is 240 g/mol. The predicted molar refractivity (Wildman–Crippen MR) is 94.4 cm³/mol. The molecule has 0 aromatic rings. The molecule has 20 heavy (non-hydrogen) atoms. The zero-order valence-corrected chi connectivity index (χ0v) is 14.7. The monoisotopic (exact) mass is 280 g/mol. The molecule has 0 aromatic carbocycles. The fraction of sp³-hybridized carbons (Fsp3) is 0.900. The Bertz CT molecular complexity index is 202. The minimum Gasteiger partial charge on any atom is -0.0856 e. The van der Waals surface area contributed by atoms with Gasteiger partial charge in [0.2, 0.25) is 0 Å². The largest absolute Gasteiger partial charge is 0.0856 e. The molecule has 0 atom stereocenters. The van der Waals surface area contributed by atoms with Gasteiger partial charge in [-0.05, 0) is 26.2 Å². The summed E-state index contributed by atoms with van der Waals surface area (Å²) in [7, 11) is 0. The fourth-order valence-electron chi connectivity index (χ4n) is 2.65. The van der Waals surface area contributed by atoms with Gasteiger partial charge < -0.3 is 0 Å². The number of hydrogen-bond acceptors (Lipinski definition) is 0. The van der Waals surface area contributed by atoms with E-state index >= 15 is 0 Å². The summed E-state index contributed by atoms with van der Waals surface area (Å²) in [6, 6.07) is 0. The fourth-order valence-corrected chi connectivity index (χ4v) is 2.65. The summed E-state index contributed by atoms with van der Waals surface area (Å²) in [6.45, 7) is 6.79. The molecule has 0 N–H and O–H groups in total. The van der Waals surface area contributed by atoms with Gasteiger partial charge in [0.05, 0.1) is 0 Å². The van der Waals surface area contributed by atoms with Crippen LogP contribution in [0.3, 0.4) is 0 Å². The lowest BCUT2D eigenvalue weighted by Crippen LogP contribution is -1.83. The van der Waals surface area contributed by atoms with E-state index in [9.17, 15) is 0 Å². The molecule has 0 radical (unpaired) electrons. The first-order valence-electron chi connectivity index (χ1n) is 9.46. The lowest BCUT2D eigenvalue weighted by Gasteiger charge is -2.02. The highest BCUT2D eigenvalue weighted by atomic mass is 14.0. The van der Waals surface area contributed by atoms with E-state index < -0.39 is 0 Å². The summed E-state index contributed by atoms with van der Waals surface area (Å²) in [5, 5.41) is 0. The summed E-state index contributed by atoms with van der Waals surface area (Å²) < 4.78 is 0. The van der Waals surface area contributed by atoms with E-state index in [2.05, 4.69) is 26.8 Å². The average Bonchev–Trinajstić information content (AvgIpc) is 2.47. The zero-order valence-electron chi connectivity index (χ0n) is 14.7. The van der Waals surface area contributed by atoms with E-state index in [0.717, 1.165) is 0 Å². The Morgan fingerprint density at radius 2 is 1.00 bits per heavy atom. The lowest BCUT2D eigenvalue weighted by molar-refractivity contribution is 0.540. The number of hydrogen-bond donors (Lipinski definition) is 0. The normalized spacial score (nSPS) is 12.1. The Balaban J connectivity index is 3.03. The van der Waals surface area contributed by atoms with Crippen LogP contribution in [0.25, 0.3) is 0 Å². The van der Waals surface area contributed by atoms with Gasteiger partial charge in [-0.2, -0.15) is 0 Å². The molecule has 0 heteroatoms. The quantitative estimate of drug-likeness (QED) is 0.212. The van der Waals surface area contributed by atoms with Crippen molar-refractivity contribution < 1.29 is 0 Å². The van der Waals surface area contributed by atoms with Crippen molar-refractivity contribution in [3.05, 3.63) is 11.6 Å². The standard InChI is InChI=1S/C20H40/c1-4-6-7-8-9-10-11-12-13-14-15-16-17-18-19-20(3)5-2/h19H,4-18H2,1-3H3/b20-19+. The molecule has 0 rings (SSSR count). The minimum absolute atomic E-state index is 1.22. The molecule has 0 bridgehead atoms. The van der Waals surface area contributed by atoms with E-state index in [-0.39, 0.29) is 0 Å². The second-order valence-electron chi connectivity index (χ2n) is 6.44. The third kappa shape index (κ3) is 15.8. The maximum atomic E-state index is 2.43. The van der Waals surface area contributed by atoms with Crippen molar-refractivity contribution >= 4 is 0 Å². The van der Waals surface area contributed by atoms with Crippen molar-refractivity contribution in [3.8, 4) is 0 Å². The zero-order chi connectivity index (χ0) is 14.9. The molecule has 0 saturated heterocycles. The highest BCUT2D eigenvalue weighted by Gasteiger charge is 1.93. The van der Waals surface area contributed by atoms with Crippen LogP contribution in [0, 0.1) is 0 Å². The summed E-state index contributed by atoms with van der Waals surface area (Å²) in [5.74, 6) is 0. The first-order valence-corrected chi connectivity index (χ1v) is 9.46. The van der Waals surface area contributed by atoms with Crippen LogP contribution < -0.4 is 0 Å². The Morgan fingerprint density at radius 3 is 1.40 bits per heavy atom. The molecule has 0 aliphatic rings. The summed E-state index contributed by atoms with van der Waals surface area (Å²) in [4.78, 5) is 0. The van der Waals surface area contributed by atoms with Gasteiger partial charge >= 0.3 is 0 Å². The average molecular weight is 281 g/mol.